The van der Waals surface area contributed by atoms with Crippen LogP contribution in [0.3, 0.4) is 0 Å². The Bertz CT molecular complexity index is 44.9. The lowest BCUT2D eigenvalue weighted by atomic mass is 11.9. The van der Waals surface area contributed by atoms with E-state index in [0.29, 0.717) is 0 Å². The molecule has 29 valence electrons. The predicted octanol–water partition coefficient (Wildman–Crippen LogP) is -0.666. The van der Waals surface area contributed by atoms with Gasteiger partial charge < -0.3 is 4.55 Å². The molecule has 0 aliphatic carbocycles. The minimum absolute atomic E-state index is 0.139. The zero-order valence-corrected chi connectivity index (χ0v) is 4.29. The molecule has 5 heavy (non-hydrogen) atoms. The maximum Gasteiger partial charge on any atom is 0.149 e. The van der Waals surface area contributed by atoms with Gasteiger partial charge in [-0.25, -0.2) is 4.21 Å². The third kappa shape index (κ3) is 4.33. The average molecular weight is 107 g/mol. The summed E-state index contributed by atoms with van der Waals surface area (Å²) in [4.78, 5) is 0. The summed E-state index contributed by atoms with van der Waals surface area (Å²) in [5, 5.41) is 0.139. The van der Waals surface area contributed by atoms with Gasteiger partial charge in [0.1, 0.15) is 11.1 Å². The molecule has 0 fully saturated rings. The van der Waals surface area contributed by atoms with E-state index < -0.39 is 11.1 Å². The molecule has 0 amide bonds. The standard InChI is InChI=1S/CH3O2SSi/c2-4(3)1-5/h1H2,(H,2,3). The minimum atomic E-state index is -1.66. The van der Waals surface area contributed by atoms with E-state index in [9.17, 15) is 4.21 Å². The second kappa shape index (κ2) is 2.56. The first-order chi connectivity index (χ1) is 2.27. The highest BCUT2D eigenvalue weighted by Gasteiger charge is 1.76. The van der Waals surface area contributed by atoms with Gasteiger partial charge >= 0.3 is 0 Å². The predicted molar refractivity (Wildman–Crippen MR) is 21.4 cm³/mol. The second-order valence-electron chi connectivity index (χ2n) is 0.466. The molecule has 1 unspecified atom stereocenters. The zero-order valence-electron chi connectivity index (χ0n) is 2.47. The Labute approximate surface area is 36.3 Å². The summed E-state index contributed by atoms with van der Waals surface area (Å²) in [6.07, 6.45) is 0. The fourth-order valence-electron chi connectivity index (χ4n) is 0. The van der Waals surface area contributed by atoms with E-state index in [4.69, 9.17) is 4.55 Å². The molecule has 0 heterocycles. The third-order valence-electron chi connectivity index (χ3n) is 0.123. The number of rotatable bonds is 1. The van der Waals surface area contributed by atoms with Crippen molar-refractivity contribution in [2.75, 3.05) is 5.38 Å². The Kier molecular flexibility index (Phi) is 2.73. The van der Waals surface area contributed by atoms with Crippen LogP contribution < -0.4 is 0 Å². The number of hydrogen-bond acceptors (Lipinski definition) is 1. The Balaban J connectivity index is 2.85. The molecule has 0 aliphatic rings. The van der Waals surface area contributed by atoms with E-state index in [2.05, 4.69) is 10.2 Å². The van der Waals surface area contributed by atoms with E-state index in [1.807, 2.05) is 0 Å². The average Bonchev–Trinajstić information content (AvgIpc) is 1.38. The number of hydrogen-bond donors (Lipinski definition) is 1. The molecule has 0 rings (SSSR count). The summed E-state index contributed by atoms with van der Waals surface area (Å²) in [7, 11) is 2.80. The summed E-state index contributed by atoms with van der Waals surface area (Å²) in [5.41, 5.74) is 0. The molecular weight excluding hydrogens is 104 g/mol. The van der Waals surface area contributed by atoms with Gasteiger partial charge in [0.15, 0.2) is 0 Å². The lowest BCUT2D eigenvalue weighted by Gasteiger charge is -1.73. The van der Waals surface area contributed by atoms with Crippen LogP contribution in [0.1, 0.15) is 0 Å². The van der Waals surface area contributed by atoms with Crippen molar-refractivity contribution >= 4 is 21.3 Å². The minimum Gasteiger partial charge on any atom is -0.306 e. The summed E-state index contributed by atoms with van der Waals surface area (Å²) in [5.74, 6) is 0. The largest absolute Gasteiger partial charge is 0.306 e. The normalized spacial score (nSPS) is 14.8. The first-order valence-corrected chi connectivity index (χ1v) is 2.97. The molecule has 0 bridgehead atoms. The molecule has 3 radical (unpaired) electrons. The summed E-state index contributed by atoms with van der Waals surface area (Å²) >= 11 is -1.66. The van der Waals surface area contributed by atoms with Crippen LogP contribution >= 0.6 is 0 Å². The molecule has 0 aromatic carbocycles. The van der Waals surface area contributed by atoms with Gasteiger partial charge in [-0.2, -0.15) is 0 Å². The van der Waals surface area contributed by atoms with Crippen LogP contribution in [0.2, 0.25) is 0 Å². The molecule has 0 aromatic rings. The van der Waals surface area contributed by atoms with Crippen molar-refractivity contribution in [1.29, 1.82) is 0 Å². The fraction of sp³-hybridized carbons (Fsp3) is 1.00. The molecule has 2 nitrogen and oxygen atoms in total. The Morgan fingerprint density at radius 3 is 2.20 bits per heavy atom. The Morgan fingerprint density at radius 1 is 2.00 bits per heavy atom. The lowest BCUT2D eigenvalue weighted by Crippen LogP contribution is -1.90. The molecule has 0 saturated carbocycles. The zero-order chi connectivity index (χ0) is 4.28. The van der Waals surface area contributed by atoms with Crippen LogP contribution in [0.4, 0.5) is 0 Å². The smallest absolute Gasteiger partial charge is 0.149 e. The topological polar surface area (TPSA) is 37.3 Å². The van der Waals surface area contributed by atoms with Gasteiger partial charge in [0.25, 0.3) is 0 Å². The van der Waals surface area contributed by atoms with Crippen molar-refractivity contribution < 1.29 is 8.76 Å². The second-order valence-corrected chi connectivity index (χ2v) is 2.26. The molecule has 1 atom stereocenters. The van der Waals surface area contributed by atoms with E-state index in [1.54, 1.807) is 0 Å². The van der Waals surface area contributed by atoms with Crippen molar-refractivity contribution in [1.82, 2.24) is 0 Å². The highest BCUT2D eigenvalue weighted by Crippen LogP contribution is 1.58. The first kappa shape index (κ1) is 5.33. The van der Waals surface area contributed by atoms with Gasteiger partial charge in [-0.3, -0.25) is 0 Å². The van der Waals surface area contributed by atoms with Gasteiger partial charge in [0, 0.05) is 15.6 Å². The SMILES string of the molecule is O=S(O)C[Si]. The van der Waals surface area contributed by atoms with Gasteiger partial charge in [0.2, 0.25) is 0 Å². The van der Waals surface area contributed by atoms with Gasteiger partial charge in [-0.15, -0.1) is 0 Å². The maximum absolute atomic E-state index is 9.43. The van der Waals surface area contributed by atoms with Crippen molar-refractivity contribution in [3.05, 3.63) is 0 Å². The summed E-state index contributed by atoms with van der Waals surface area (Å²) in [6, 6.07) is 0. The van der Waals surface area contributed by atoms with E-state index in [-0.39, 0.29) is 5.38 Å². The molecular formula is CH3O2SSi. The van der Waals surface area contributed by atoms with Crippen LogP contribution in [-0.2, 0) is 11.1 Å². The van der Waals surface area contributed by atoms with Gasteiger partial charge in [-0.1, -0.05) is 0 Å². The van der Waals surface area contributed by atoms with Gasteiger partial charge in [-0.05, 0) is 0 Å². The Hall–Kier alpha value is 0.327. The summed E-state index contributed by atoms with van der Waals surface area (Å²) < 4.78 is 17.2. The molecule has 0 aliphatic heterocycles. The molecule has 0 aromatic heterocycles. The monoisotopic (exact) mass is 107 g/mol. The molecule has 0 spiro atoms. The van der Waals surface area contributed by atoms with Crippen LogP contribution in [0.25, 0.3) is 0 Å². The summed E-state index contributed by atoms with van der Waals surface area (Å²) in [6.45, 7) is 0. The van der Waals surface area contributed by atoms with Crippen molar-refractivity contribution in [2.45, 2.75) is 0 Å². The van der Waals surface area contributed by atoms with Gasteiger partial charge in [0.05, 0.1) is 0 Å². The van der Waals surface area contributed by atoms with E-state index >= 15 is 0 Å². The Morgan fingerprint density at radius 2 is 2.20 bits per heavy atom. The highest BCUT2D eigenvalue weighted by molar-refractivity contribution is 7.80. The quantitative estimate of drug-likeness (QED) is 0.356. The molecule has 0 saturated heterocycles. The first-order valence-electron chi connectivity index (χ1n) is 0.991. The van der Waals surface area contributed by atoms with Crippen LogP contribution in [0, 0.1) is 0 Å². The van der Waals surface area contributed by atoms with E-state index in [0.717, 1.165) is 0 Å². The lowest BCUT2D eigenvalue weighted by molar-refractivity contribution is 0.569. The fourth-order valence-corrected chi connectivity index (χ4v) is 0. The van der Waals surface area contributed by atoms with Crippen LogP contribution in [0.5, 0.6) is 0 Å². The van der Waals surface area contributed by atoms with Crippen molar-refractivity contribution in [2.24, 2.45) is 0 Å². The molecule has 4 heteroatoms. The third-order valence-corrected chi connectivity index (χ3v) is 1.11. The highest BCUT2D eigenvalue weighted by atomic mass is 32.2. The van der Waals surface area contributed by atoms with Crippen molar-refractivity contribution in [3.8, 4) is 0 Å². The van der Waals surface area contributed by atoms with Crippen molar-refractivity contribution in [3.63, 3.8) is 0 Å². The van der Waals surface area contributed by atoms with Crippen LogP contribution in [-0.4, -0.2) is 24.4 Å². The van der Waals surface area contributed by atoms with E-state index in [1.165, 1.54) is 0 Å². The maximum atomic E-state index is 9.43. The van der Waals surface area contributed by atoms with Crippen LogP contribution in [0.15, 0.2) is 0 Å². The molecule has 1 N–H and O–H groups in total.